The molecule has 0 aromatic heterocycles. The quantitative estimate of drug-likeness (QED) is 0.837. The molecule has 1 aliphatic rings. The molecule has 0 saturated heterocycles. The van der Waals surface area contributed by atoms with Crippen LogP contribution in [0.1, 0.15) is 37.0 Å². The van der Waals surface area contributed by atoms with Crippen LogP contribution in [-0.2, 0) is 0 Å². The molecule has 0 amide bonds. The van der Waals surface area contributed by atoms with Crippen LogP contribution in [0.3, 0.4) is 0 Å². The van der Waals surface area contributed by atoms with Crippen LogP contribution in [0.4, 0.5) is 0 Å². The lowest BCUT2D eigenvalue weighted by Gasteiger charge is -2.34. The number of benzene rings is 1. The number of Topliss-reactive ketones (excluding diaryl/α,β-unsaturated/α-hetero) is 1. The Morgan fingerprint density at radius 3 is 2.76 bits per heavy atom. The second-order valence-corrected chi connectivity index (χ2v) is 5.23. The van der Waals surface area contributed by atoms with E-state index >= 15 is 0 Å². The van der Waals surface area contributed by atoms with Gasteiger partial charge in [-0.05, 0) is 29.3 Å². The largest absolute Gasteiger partial charge is 0.506 e. The van der Waals surface area contributed by atoms with Crippen molar-refractivity contribution in [2.75, 3.05) is 0 Å². The molecule has 4 nitrogen and oxygen atoms in total. The molecule has 0 saturated carbocycles. The summed E-state index contributed by atoms with van der Waals surface area (Å²) >= 11 is 3.02. The number of halogens is 1. The van der Waals surface area contributed by atoms with Gasteiger partial charge in [0.1, 0.15) is 32.9 Å². The molecule has 1 unspecified atom stereocenters. The molecule has 17 heavy (non-hydrogen) atoms. The van der Waals surface area contributed by atoms with E-state index < -0.39 is 5.60 Å². The number of phenols is 2. The summed E-state index contributed by atoms with van der Waals surface area (Å²) in [6.45, 7) is 3.76. The first-order valence-electron chi connectivity index (χ1n) is 5.34. The van der Waals surface area contributed by atoms with Crippen LogP contribution in [0.15, 0.2) is 10.5 Å². The molecule has 2 N–H and O–H groups in total. The van der Waals surface area contributed by atoms with Crippen LogP contribution in [0.25, 0.3) is 0 Å². The summed E-state index contributed by atoms with van der Waals surface area (Å²) in [6.07, 6.45) is 0.900. The predicted octanol–water partition coefficient (Wildman–Crippen LogP) is 2.99. The Morgan fingerprint density at radius 2 is 2.18 bits per heavy atom. The van der Waals surface area contributed by atoms with E-state index in [0.29, 0.717) is 6.42 Å². The van der Waals surface area contributed by atoms with E-state index in [1.807, 2.05) is 13.8 Å². The highest BCUT2D eigenvalue weighted by Gasteiger charge is 2.37. The number of hydrogen-bond donors (Lipinski definition) is 2. The highest BCUT2D eigenvalue weighted by Crippen LogP contribution is 2.46. The highest BCUT2D eigenvalue weighted by molar-refractivity contribution is 9.10. The summed E-state index contributed by atoms with van der Waals surface area (Å²) in [5.74, 6) is -0.338. The van der Waals surface area contributed by atoms with E-state index in [1.54, 1.807) is 0 Å². The van der Waals surface area contributed by atoms with Gasteiger partial charge in [0.25, 0.3) is 0 Å². The number of phenolic OH excluding ortho intramolecular Hbond substituents is 2. The molecular weight excluding hydrogens is 288 g/mol. The zero-order chi connectivity index (χ0) is 12.8. The zero-order valence-electron chi connectivity index (χ0n) is 9.58. The Balaban J connectivity index is 2.61. The Morgan fingerprint density at radius 1 is 1.53 bits per heavy atom. The Hall–Kier alpha value is -1.23. The van der Waals surface area contributed by atoms with Crippen LogP contribution >= 0.6 is 15.9 Å². The normalized spacial score (nSPS) is 23.1. The van der Waals surface area contributed by atoms with Crippen LogP contribution in [0.2, 0.25) is 0 Å². The molecule has 2 rings (SSSR count). The monoisotopic (exact) mass is 300 g/mol. The average molecular weight is 301 g/mol. The molecule has 92 valence electrons. The summed E-state index contributed by atoms with van der Waals surface area (Å²) in [6, 6.07) is 1.35. The highest BCUT2D eigenvalue weighted by atomic mass is 79.9. The van der Waals surface area contributed by atoms with E-state index in [2.05, 4.69) is 15.9 Å². The van der Waals surface area contributed by atoms with Crippen molar-refractivity contribution < 1.29 is 19.7 Å². The number of ketones is 1. The molecule has 1 aromatic rings. The second kappa shape index (κ2) is 3.91. The van der Waals surface area contributed by atoms with Crippen molar-refractivity contribution in [3.63, 3.8) is 0 Å². The van der Waals surface area contributed by atoms with Gasteiger partial charge in [-0.25, -0.2) is 0 Å². The third-order valence-corrected chi connectivity index (χ3v) is 3.88. The van der Waals surface area contributed by atoms with Gasteiger partial charge in [-0.3, -0.25) is 4.79 Å². The van der Waals surface area contributed by atoms with Gasteiger partial charge in [-0.1, -0.05) is 6.92 Å². The van der Waals surface area contributed by atoms with Crippen LogP contribution in [0.5, 0.6) is 17.2 Å². The first-order valence-corrected chi connectivity index (χ1v) is 6.14. The Kier molecular flexibility index (Phi) is 2.81. The fourth-order valence-corrected chi connectivity index (χ4v) is 2.20. The fourth-order valence-electron chi connectivity index (χ4n) is 1.88. The van der Waals surface area contributed by atoms with E-state index in [4.69, 9.17) is 4.74 Å². The zero-order valence-corrected chi connectivity index (χ0v) is 11.2. The minimum atomic E-state index is -0.573. The van der Waals surface area contributed by atoms with E-state index in [1.165, 1.54) is 6.07 Å². The first-order chi connectivity index (χ1) is 7.88. The smallest absolute Gasteiger partial charge is 0.174 e. The molecule has 1 heterocycles. The van der Waals surface area contributed by atoms with Gasteiger partial charge in [0.05, 0.1) is 6.42 Å². The van der Waals surface area contributed by atoms with Crippen molar-refractivity contribution in [1.82, 2.24) is 0 Å². The van der Waals surface area contributed by atoms with Gasteiger partial charge in [-0.15, -0.1) is 0 Å². The molecule has 1 aliphatic heterocycles. The summed E-state index contributed by atoms with van der Waals surface area (Å²) < 4.78 is 5.81. The van der Waals surface area contributed by atoms with Gasteiger partial charge < -0.3 is 14.9 Å². The van der Waals surface area contributed by atoms with Gasteiger partial charge >= 0.3 is 0 Å². The molecular formula is C12H13BrO4. The predicted molar refractivity (Wildman–Crippen MR) is 65.7 cm³/mol. The number of ether oxygens (including phenoxy) is 1. The number of carbonyl (C=O) groups excluding carboxylic acids is 1. The van der Waals surface area contributed by atoms with Gasteiger partial charge in [0.2, 0.25) is 0 Å². The van der Waals surface area contributed by atoms with Crippen LogP contribution in [0, 0.1) is 0 Å². The molecule has 0 radical (unpaired) electrons. The Labute approximate surface area is 107 Å². The molecule has 1 aromatic carbocycles. The maximum absolute atomic E-state index is 12.0. The summed E-state index contributed by atoms with van der Waals surface area (Å²) in [5, 5.41) is 19.4. The van der Waals surface area contributed by atoms with Crippen molar-refractivity contribution in [2.24, 2.45) is 0 Å². The minimum absolute atomic E-state index is 0.119. The summed E-state index contributed by atoms with van der Waals surface area (Å²) in [4.78, 5) is 12.0. The maximum Gasteiger partial charge on any atom is 0.174 e. The first kappa shape index (κ1) is 12.2. The lowest BCUT2D eigenvalue weighted by atomic mass is 9.89. The van der Waals surface area contributed by atoms with Crippen LogP contribution in [-0.4, -0.2) is 21.6 Å². The molecule has 0 fully saturated rings. The fraction of sp³-hybridized carbons (Fsp3) is 0.417. The van der Waals surface area contributed by atoms with Gasteiger partial charge in [0, 0.05) is 6.07 Å². The SMILES string of the molecule is CCC1(C)CC(=O)c2c(cc(O)c(Br)c2O)O1. The van der Waals surface area contributed by atoms with Gasteiger partial charge in [0.15, 0.2) is 5.78 Å². The molecule has 1 atom stereocenters. The van der Waals surface area contributed by atoms with Crippen molar-refractivity contribution in [2.45, 2.75) is 32.3 Å². The van der Waals surface area contributed by atoms with E-state index in [-0.39, 0.29) is 39.5 Å². The molecule has 0 aliphatic carbocycles. The van der Waals surface area contributed by atoms with E-state index in [9.17, 15) is 15.0 Å². The van der Waals surface area contributed by atoms with E-state index in [0.717, 1.165) is 0 Å². The van der Waals surface area contributed by atoms with Crippen molar-refractivity contribution in [3.05, 3.63) is 16.1 Å². The number of carbonyl (C=O) groups is 1. The molecule has 0 bridgehead atoms. The van der Waals surface area contributed by atoms with Crippen molar-refractivity contribution >= 4 is 21.7 Å². The maximum atomic E-state index is 12.0. The Bertz CT molecular complexity index is 498. The minimum Gasteiger partial charge on any atom is -0.506 e. The number of aromatic hydroxyl groups is 2. The topological polar surface area (TPSA) is 66.8 Å². The lowest BCUT2D eigenvalue weighted by molar-refractivity contribution is 0.0492. The lowest BCUT2D eigenvalue weighted by Crippen LogP contribution is -2.38. The molecule has 0 spiro atoms. The van der Waals surface area contributed by atoms with Crippen molar-refractivity contribution in [3.8, 4) is 17.2 Å². The third kappa shape index (κ3) is 1.88. The number of hydrogen-bond acceptors (Lipinski definition) is 4. The second-order valence-electron chi connectivity index (χ2n) is 4.44. The summed E-state index contributed by atoms with van der Waals surface area (Å²) in [5.41, 5.74) is -0.433. The standard InChI is InChI=1S/C12H13BrO4/c1-3-12(2)5-7(15)9-8(17-12)4-6(14)10(13)11(9)16/h4,14,16H,3,5H2,1-2H3. The van der Waals surface area contributed by atoms with Crippen LogP contribution < -0.4 is 4.74 Å². The number of rotatable bonds is 1. The molecule has 5 heteroatoms. The summed E-state index contributed by atoms with van der Waals surface area (Å²) in [7, 11) is 0. The van der Waals surface area contributed by atoms with Crippen molar-refractivity contribution in [1.29, 1.82) is 0 Å². The average Bonchev–Trinajstić information content (AvgIpc) is 2.25. The number of fused-ring (bicyclic) bond motifs is 1. The third-order valence-electron chi connectivity index (χ3n) is 3.10. The van der Waals surface area contributed by atoms with Gasteiger partial charge in [-0.2, -0.15) is 0 Å².